The lowest BCUT2D eigenvalue weighted by molar-refractivity contribution is 0.0951. The van der Waals surface area contributed by atoms with Crippen molar-refractivity contribution in [3.05, 3.63) is 46.8 Å². The van der Waals surface area contributed by atoms with Crippen LogP contribution in [0.3, 0.4) is 0 Å². The average molecular weight is 244 g/mol. The summed E-state index contributed by atoms with van der Waals surface area (Å²) in [5, 5.41) is 9.56. The highest BCUT2D eigenvalue weighted by molar-refractivity contribution is 5.99. The van der Waals surface area contributed by atoms with Gasteiger partial charge in [-0.3, -0.25) is 9.89 Å². The van der Waals surface area contributed by atoms with Crippen molar-refractivity contribution in [2.24, 2.45) is 0 Å². The van der Waals surface area contributed by atoms with Crippen molar-refractivity contribution in [1.29, 1.82) is 0 Å². The molecule has 1 aromatic carbocycles. The van der Waals surface area contributed by atoms with E-state index in [2.05, 4.69) is 15.5 Å². The van der Waals surface area contributed by atoms with E-state index in [9.17, 15) is 4.79 Å². The lowest BCUT2D eigenvalue weighted by atomic mass is 10.1. The molecule has 0 radical (unpaired) electrons. The number of para-hydroxylation sites is 1. The molecule has 1 amide bonds. The summed E-state index contributed by atoms with van der Waals surface area (Å²) < 4.78 is 0. The quantitative estimate of drug-likeness (QED) is 0.716. The van der Waals surface area contributed by atoms with Crippen LogP contribution >= 0.6 is 0 Å². The third-order valence-electron chi connectivity index (χ3n) is 2.94. The molecule has 0 aliphatic carbocycles. The van der Waals surface area contributed by atoms with Gasteiger partial charge in [0.1, 0.15) is 0 Å². The molecule has 1 heterocycles. The summed E-state index contributed by atoms with van der Waals surface area (Å²) in [6, 6.07) is 5.43. The highest BCUT2D eigenvalue weighted by Gasteiger charge is 2.11. The summed E-state index contributed by atoms with van der Waals surface area (Å²) in [5.74, 6) is -0.170. The first-order valence-corrected chi connectivity index (χ1v) is 5.71. The molecule has 18 heavy (non-hydrogen) atoms. The van der Waals surface area contributed by atoms with Crippen LogP contribution in [0.15, 0.2) is 24.4 Å². The number of rotatable bonds is 3. The molecule has 0 bridgehead atoms. The Balaban J connectivity index is 2.09. The zero-order valence-electron chi connectivity index (χ0n) is 10.4. The van der Waals surface area contributed by atoms with Gasteiger partial charge in [0.05, 0.1) is 11.8 Å². The maximum atomic E-state index is 12.0. The van der Waals surface area contributed by atoms with Crippen LogP contribution in [0.4, 0.5) is 5.69 Å². The number of nitrogens with two attached hydrogens (primary N) is 1. The number of nitrogens with one attached hydrogen (secondary N) is 2. The molecule has 1 aromatic heterocycles. The van der Waals surface area contributed by atoms with Gasteiger partial charge in [-0.15, -0.1) is 0 Å². The zero-order chi connectivity index (χ0) is 13.1. The van der Waals surface area contributed by atoms with Crippen LogP contribution in [0.1, 0.15) is 27.2 Å². The molecule has 0 saturated heterocycles. The Morgan fingerprint density at radius 1 is 1.44 bits per heavy atom. The molecule has 5 nitrogen and oxygen atoms in total. The number of hydrogen-bond acceptors (Lipinski definition) is 3. The van der Waals surface area contributed by atoms with E-state index in [0.717, 1.165) is 16.8 Å². The molecule has 4 N–H and O–H groups in total. The molecule has 0 aliphatic rings. The largest absolute Gasteiger partial charge is 0.398 e. The fourth-order valence-corrected chi connectivity index (χ4v) is 1.70. The van der Waals surface area contributed by atoms with Gasteiger partial charge in [-0.25, -0.2) is 0 Å². The summed E-state index contributed by atoms with van der Waals surface area (Å²) in [7, 11) is 0. The van der Waals surface area contributed by atoms with Gasteiger partial charge in [-0.05, 0) is 25.5 Å². The molecule has 0 fully saturated rings. The van der Waals surface area contributed by atoms with E-state index in [4.69, 9.17) is 5.73 Å². The molecule has 2 aromatic rings. The van der Waals surface area contributed by atoms with E-state index >= 15 is 0 Å². The van der Waals surface area contributed by atoms with Crippen molar-refractivity contribution < 1.29 is 4.79 Å². The summed E-state index contributed by atoms with van der Waals surface area (Å²) in [6.07, 6.45) is 1.70. The Hall–Kier alpha value is -2.30. The monoisotopic (exact) mass is 244 g/mol. The molecular weight excluding hydrogens is 228 g/mol. The number of anilines is 1. The van der Waals surface area contributed by atoms with Crippen molar-refractivity contribution in [3.63, 3.8) is 0 Å². The number of carbonyl (C=O) groups is 1. The van der Waals surface area contributed by atoms with E-state index in [0.29, 0.717) is 17.8 Å². The molecule has 5 heteroatoms. The SMILES string of the molecule is Cc1cccc(C(=O)NCc2cn[nH]c2C)c1N. The number of benzene rings is 1. The first kappa shape index (κ1) is 12.2. The number of aromatic nitrogens is 2. The standard InChI is InChI=1S/C13H16N4O/c1-8-4-3-5-11(12(8)14)13(18)15-6-10-7-16-17-9(10)2/h3-5,7H,6,14H2,1-2H3,(H,15,18)(H,16,17). The molecular formula is C13H16N4O. The van der Waals surface area contributed by atoms with Gasteiger partial charge < -0.3 is 11.1 Å². The lowest BCUT2D eigenvalue weighted by Gasteiger charge is -2.08. The van der Waals surface area contributed by atoms with Crippen LogP contribution < -0.4 is 11.1 Å². The Morgan fingerprint density at radius 2 is 2.22 bits per heavy atom. The predicted octanol–water partition coefficient (Wildman–Crippen LogP) is 1.54. The highest BCUT2D eigenvalue weighted by atomic mass is 16.1. The number of hydrogen-bond donors (Lipinski definition) is 3. The van der Waals surface area contributed by atoms with E-state index < -0.39 is 0 Å². The summed E-state index contributed by atoms with van der Waals surface area (Å²) >= 11 is 0. The van der Waals surface area contributed by atoms with Crippen LogP contribution in [-0.4, -0.2) is 16.1 Å². The van der Waals surface area contributed by atoms with Gasteiger partial charge in [-0.1, -0.05) is 12.1 Å². The smallest absolute Gasteiger partial charge is 0.253 e. The van der Waals surface area contributed by atoms with Crippen LogP contribution in [0.25, 0.3) is 0 Å². The van der Waals surface area contributed by atoms with Crippen LogP contribution in [0.5, 0.6) is 0 Å². The Labute approximate surface area is 105 Å². The second-order valence-electron chi connectivity index (χ2n) is 4.24. The number of H-pyrrole nitrogens is 1. The maximum absolute atomic E-state index is 12.0. The van der Waals surface area contributed by atoms with Gasteiger partial charge in [0.15, 0.2) is 0 Å². The molecule has 0 spiro atoms. The first-order chi connectivity index (χ1) is 8.59. The summed E-state index contributed by atoms with van der Waals surface area (Å²) in [6.45, 7) is 4.23. The average Bonchev–Trinajstić information content (AvgIpc) is 2.75. The second-order valence-corrected chi connectivity index (χ2v) is 4.24. The fourth-order valence-electron chi connectivity index (χ4n) is 1.70. The van der Waals surface area contributed by atoms with Crippen LogP contribution in [0, 0.1) is 13.8 Å². The number of nitrogens with zero attached hydrogens (tertiary/aromatic N) is 1. The molecule has 0 aliphatic heterocycles. The van der Waals surface area contributed by atoms with Crippen molar-refractivity contribution in [1.82, 2.24) is 15.5 Å². The first-order valence-electron chi connectivity index (χ1n) is 5.71. The van der Waals surface area contributed by atoms with Crippen LogP contribution in [-0.2, 0) is 6.54 Å². The summed E-state index contributed by atoms with van der Waals surface area (Å²) in [4.78, 5) is 12.0. The molecule has 0 unspecified atom stereocenters. The van der Waals surface area contributed by atoms with Gasteiger partial charge in [0.2, 0.25) is 0 Å². The molecule has 94 valence electrons. The number of carbonyl (C=O) groups excluding carboxylic acids is 1. The van der Waals surface area contributed by atoms with Gasteiger partial charge >= 0.3 is 0 Å². The zero-order valence-corrected chi connectivity index (χ0v) is 10.4. The minimum absolute atomic E-state index is 0.170. The van der Waals surface area contributed by atoms with Crippen LogP contribution in [0.2, 0.25) is 0 Å². The highest BCUT2D eigenvalue weighted by Crippen LogP contribution is 2.16. The second kappa shape index (κ2) is 4.91. The normalized spacial score (nSPS) is 10.3. The van der Waals surface area contributed by atoms with E-state index in [1.165, 1.54) is 0 Å². The third kappa shape index (κ3) is 2.34. The topological polar surface area (TPSA) is 83.8 Å². The molecule has 0 atom stereocenters. The van der Waals surface area contributed by atoms with Crippen molar-refractivity contribution in [2.45, 2.75) is 20.4 Å². The van der Waals surface area contributed by atoms with E-state index in [1.807, 2.05) is 26.0 Å². The molecule has 0 saturated carbocycles. The summed E-state index contributed by atoms with van der Waals surface area (Å²) in [5.41, 5.74) is 9.74. The van der Waals surface area contributed by atoms with E-state index in [1.54, 1.807) is 12.3 Å². The van der Waals surface area contributed by atoms with Crippen molar-refractivity contribution >= 4 is 11.6 Å². The maximum Gasteiger partial charge on any atom is 0.253 e. The van der Waals surface area contributed by atoms with Crippen molar-refractivity contribution in [3.8, 4) is 0 Å². The third-order valence-corrected chi connectivity index (χ3v) is 2.94. The number of aromatic amines is 1. The van der Waals surface area contributed by atoms with Gasteiger partial charge in [-0.2, -0.15) is 5.10 Å². The number of nitrogen functional groups attached to an aromatic ring is 1. The fraction of sp³-hybridized carbons (Fsp3) is 0.231. The van der Waals surface area contributed by atoms with Gasteiger partial charge in [0, 0.05) is 23.5 Å². The predicted molar refractivity (Wildman–Crippen MR) is 70.1 cm³/mol. The number of aryl methyl sites for hydroxylation is 2. The Kier molecular flexibility index (Phi) is 3.32. The number of amides is 1. The van der Waals surface area contributed by atoms with E-state index in [-0.39, 0.29) is 5.91 Å². The van der Waals surface area contributed by atoms with Crippen molar-refractivity contribution in [2.75, 3.05) is 5.73 Å². The molecule has 2 rings (SSSR count). The Bertz CT molecular complexity index is 574. The lowest BCUT2D eigenvalue weighted by Crippen LogP contribution is -2.24. The Morgan fingerprint density at radius 3 is 2.89 bits per heavy atom. The minimum atomic E-state index is -0.170. The van der Waals surface area contributed by atoms with Gasteiger partial charge in [0.25, 0.3) is 5.91 Å². The minimum Gasteiger partial charge on any atom is -0.398 e.